The molecule has 4 aliphatic rings. The average Bonchev–Trinajstić information content (AvgIpc) is 3.84. The molecule has 4 amide bonds. The Hall–Kier alpha value is -3.82. The predicted octanol–water partition coefficient (Wildman–Crippen LogP) is 2.36. The zero-order valence-corrected chi connectivity index (χ0v) is 22.1. The topological polar surface area (TPSA) is 141 Å². The van der Waals surface area contributed by atoms with Gasteiger partial charge in [0.2, 0.25) is 17.4 Å². The molecular formula is C27H30F3N5O5. The van der Waals surface area contributed by atoms with Gasteiger partial charge in [-0.3, -0.25) is 19.2 Å². The van der Waals surface area contributed by atoms with Crippen LogP contribution in [-0.2, 0) is 19.2 Å². The first-order valence-corrected chi connectivity index (χ1v) is 13.3. The number of hydrogen-bond acceptors (Lipinski definition) is 6. The summed E-state index contributed by atoms with van der Waals surface area (Å²) >= 11 is 0. The molecule has 3 fully saturated rings. The zero-order chi connectivity index (χ0) is 29.0. The number of nitrogens with one attached hydrogen (secondary N) is 3. The number of benzene rings is 1. The molecule has 1 aromatic carbocycles. The quantitative estimate of drug-likeness (QED) is 0.467. The smallest absolute Gasteiger partial charge is 0.471 e. The third kappa shape index (κ3) is 4.84. The molecule has 0 aromatic heterocycles. The van der Waals surface area contributed by atoms with Gasteiger partial charge in [-0.1, -0.05) is 25.0 Å². The van der Waals surface area contributed by atoms with Crippen molar-refractivity contribution < 1.29 is 37.1 Å². The lowest BCUT2D eigenvalue weighted by Crippen LogP contribution is -2.66. The minimum atomic E-state index is -5.30. The van der Waals surface area contributed by atoms with Crippen molar-refractivity contribution in [1.29, 1.82) is 5.26 Å². The summed E-state index contributed by atoms with van der Waals surface area (Å²) in [5.41, 5.74) is -2.47. The Kier molecular flexibility index (Phi) is 6.71. The zero-order valence-electron chi connectivity index (χ0n) is 22.1. The number of likely N-dealkylation sites (tertiary alicyclic amines) is 1. The molecule has 40 heavy (non-hydrogen) atoms. The fourth-order valence-electron chi connectivity index (χ4n) is 5.76. The Bertz CT molecular complexity index is 1300. The van der Waals surface area contributed by atoms with Crippen molar-refractivity contribution in [2.24, 2.45) is 11.8 Å². The van der Waals surface area contributed by atoms with Gasteiger partial charge in [0.05, 0.1) is 24.2 Å². The number of carbonyl (C=O) groups is 4. The Morgan fingerprint density at radius 2 is 1.93 bits per heavy atom. The van der Waals surface area contributed by atoms with Gasteiger partial charge < -0.3 is 25.6 Å². The van der Waals surface area contributed by atoms with E-state index in [2.05, 4.69) is 10.6 Å². The Balaban J connectivity index is 1.48. The number of nitriles is 1. The number of amides is 4. The summed E-state index contributed by atoms with van der Waals surface area (Å²) in [5, 5.41) is 16.8. The van der Waals surface area contributed by atoms with E-state index in [9.17, 15) is 37.6 Å². The van der Waals surface area contributed by atoms with Crippen LogP contribution < -0.4 is 20.7 Å². The van der Waals surface area contributed by atoms with Gasteiger partial charge in [0.15, 0.2) is 0 Å². The summed E-state index contributed by atoms with van der Waals surface area (Å²) < 4.78 is 46.1. The standard InChI is InChI=1S/C27H30F3N5O5/c1-25(22(37)32-2,34-24(39)27(28,29)30)18(10-14-6-7-14)21(36)35-13-26(11-16(35)12-31)23(38)33-19-5-3-4-17(15-8-9-15)20(19)40-26/h3-5,14-16,18H,6-11,13H2,1-2H3,(H,32,37)(H,33,38)(H,34,39)/t16-,18+,25?,26+/m0/s1. The Morgan fingerprint density at radius 3 is 2.50 bits per heavy atom. The maximum Gasteiger partial charge on any atom is 0.471 e. The van der Waals surface area contributed by atoms with Crippen LogP contribution >= 0.6 is 0 Å². The number of carbonyl (C=O) groups excluding carboxylic acids is 4. The van der Waals surface area contributed by atoms with Crippen molar-refractivity contribution in [3.63, 3.8) is 0 Å². The summed E-state index contributed by atoms with van der Waals surface area (Å²) in [6.45, 7) is 0.738. The number of fused-ring (bicyclic) bond motifs is 1. The van der Waals surface area contributed by atoms with E-state index in [4.69, 9.17) is 4.74 Å². The highest BCUT2D eigenvalue weighted by Gasteiger charge is 2.59. The van der Waals surface area contributed by atoms with Gasteiger partial charge >= 0.3 is 12.1 Å². The first kappa shape index (κ1) is 27.7. The minimum absolute atomic E-state index is 0.0181. The monoisotopic (exact) mass is 561 g/mol. The molecule has 2 heterocycles. The number of likely N-dealkylation sites (N-methyl/N-ethyl adjacent to an activating group) is 1. The van der Waals surface area contributed by atoms with Crippen molar-refractivity contribution in [2.75, 3.05) is 18.9 Å². The molecule has 3 N–H and O–H groups in total. The second-order valence-electron chi connectivity index (χ2n) is 11.3. The minimum Gasteiger partial charge on any atom is -0.473 e. The van der Waals surface area contributed by atoms with Crippen LogP contribution in [0.15, 0.2) is 18.2 Å². The molecular weight excluding hydrogens is 531 g/mol. The number of nitrogens with zero attached hydrogens (tertiary/aromatic N) is 2. The molecule has 4 atom stereocenters. The van der Waals surface area contributed by atoms with Crippen molar-refractivity contribution in [3.8, 4) is 11.8 Å². The molecule has 2 aliphatic heterocycles. The van der Waals surface area contributed by atoms with E-state index in [1.807, 2.05) is 18.2 Å². The second kappa shape index (κ2) is 9.67. The fourth-order valence-corrected chi connectivity index (χ4v) is 5.76. The maximum atomic E-state index is 14.1. The summed E-state index contributed by atoms with van der Waals surface area (Å²) in [6, 6.07) is 6.30. The third-order valence-electron chi connectivity index (χ3n) is 8.37. The summed E-state index contributed by atoms with van der Waals surface area (Å²) in [7, 11) is 1.19. The lowest BCUT2D eigenvalue weighted by molar-refractivity contribution is -0.177. The molecule has 214 valence electrons. The number of ether oxygens (including phenoxy) is 1. The second-order valence-corrected chi connectivity index (χ2v) is 11.3. The highest BCUT2D eigenvalue weighted by Crippen LogP contribution is 2.50. The predicted molar refractivity (Wildman–Crippen MR) is 134 cm³/mol. The molecule has 1 spiro atoms. The summed E-state index contributed by atoms with van der Waals surface area (Å²) in [4.78, 5) is 53.5. The maximum absolute atomic E-state index is 14.1. The van der Waals surface area contributed by atoms with E-state index in [1.165, 1.54) is 7.05 Å². The van der Waals surface area contributed by atoms with E-state index in [-0.39, 0.29) is 31.2 Å². The fraction of sp³-hybridized carbons (Fsp3) is 0.593. The first-order valence-electron chi connectivity index (χ1n) is 13.3. The van der Waals surface area contributed by atoms with Gasteiger partial charge in [-0.15, -0.1) is 0 Å². The summed E-state index contributed by atoms with van der Waals surface area (Å²) in [5.74, 6) is -5.40. The molecule has 2 aliphatic carbocycles. The Morgan fingerprint density at radius 1 is 1.23 bits per heavy atom. The first-order chi connectivity index (χ1) is 18.8. The normalized spacial score (nSPS) is 26.1. The van der Waals surface area contributed by atoms with Crippen LogP contribution in [0.5, 0.6) is 5.75 Å². The molecule has 1 unspecified atom stereocenters. The largest absolute Gasteiger partial charge is 0.473 e. The van der Waals surface area contributed by atoms with E-state index in [0.717, 1.165) is 30.2 Å². The van der Waals surface area contributed by atoms with E-state index in [1.54, 1.807) is 11.4 Å². The molecule has 1 saturated heterocycles. The van der Waals surface area contributed by atoms with Crippen LogP contribution in [-0.4, -0.2) is 65.5 Å². The van der Waals surface area contributed by atoms with Gasteiger partial charge in [0.25, 0.3) is 5.91 Å². The highest BCUT2D eigenvalue weighted by atomic mass is 19.4. The van der Waals surface area contributed by atoms with Crippen LogP contribution in [0.25, 0.3) is 0 Å². The van der Waals surface area contributed by atoms with Crippen LogP contribution in [0.3, 0.4) is 0 Å². The molecule has 5 rings (SSSR count). The molecule has 2 saturated carbocycles. The number of halogens is 3. The highest BCUT2D eigenvalue weighted by molar-refractivity contribution is 6.03. The van der Waals surface area contributed by atoms with Crippen LogP contribution in [0.1, 0.15) is 56.9 Å². The number of alkyl halides is 3. The molecule has 10 nitrogen and oxygen atoms in total. The van der Waals surface area contributed by atoms with Crippen molar-refractivity contribution in [3.05, 3.63) is 23.8 Å². The number of hydrogen-bond donors (Lipinski definition) is 3. The van der Waals surface area contributed by atoms with E-state index in [0.29, 0.717) is 24.3 Å². The molecule has 13 heteroatoms. The van der Waals surface area contributed by atoms with Gasteiger partial charge in [0.1, 0.15) is 17.3 Å². The van der Waals surface area contributed by atoms with Gasteiger partial charge in [-0.25, -0.2) is 0 Å². The third-order valence-corrected chi connectivity index (χ3v) is 8.37. The molecule has 0 radical (unpaired) electrons. The van der Waals surface area contributed by atoms with E-state index >= 15 is 0 Å². The van der Waals surface area contributed by atoms with Crippen LogP contribution in [0, 0.1) is 23.2 Å². The number of anilines is 1. The van der Waals surface area contributed by atoms with Gasteiger partial charge in [-0.05, 0) is 49.7 Å². The van der Waals surface area contributed by atoms with Crippen LogP contribution in [0.4, 0.5) is 18.9 Å². The van der Waals surface area contributed by atoms with Crippen molar-refractivity contribution in [2.45, 2.75) is 74.7 Å². The number of para-hydroxylation sites is 1. The van der Waals surface area contributed by atoms with Gasteiger partial charge in [0, 0.05) is 13.5 Å². The van der Waals surface area contributed by atoms with Crippen molar-refractivity contribution in [1.82, 2.24) is 15.5 Å². The lowest BCUT2D eigenvalue weighted by Gasteiger charge is -2.39. The van der Waals surface area contributed by atoms with Crippen LogP contribution in [0.2, 0.25) is 0 Å². The lowest BCUT2D eigenvalue weighted by atomic mass is 9.79. The molecule has 1 aromatic rings. The SMILES string of the molecule is CNC(=O)C(C)(NC(=O)C(F)(F)F)[C@H](CC1CC1)C(=O)N1C[C@@]2(C[C@H]1C#N)Oc1c(cccc1C1CC1)NC2=O. The molecule has 0 bridgehead atoms. The summed E-state index contributed by atoms with van der Waals surface area (Å²) in [6.07, 6.45) is -2.09. The Labute approximate surface area is 228 Å². The van der Waals surface area contributed by atoms with Crippen molar-refractivity contribution >= 4 is 29.3 Å². The van der Waals surface area contributed by atoms with Gasteiger partial charge in [-0.2, -0.15) is 18.4 Å². The number of rotatable bonds is 7. The average molecular weight is 562 g/mol. The van der Waals surface area contributed by atoms with E-state index < -0.39 is 52.9 Å².